The fraction of sp³-hybridized carbons (Fsp3) is 0.323. The summed E-state index contributed by atoms with van der Waals surface area (Å²) in [5.41, 5.74) is 0.109. The lowest BCUT2D eigenvalue weighted by Crippen LogP contribution is -2.68. The number of hydrogen-bond acceptors (Lipinski definition) is 5. The van der Waals surface area contributed by atoms with E-state index in [2.05, 4.69) is 50.4 Å². The van der Waals surface area contributed by atoms with E-state index in [1.807, 2.05) is 60.7 Å². The molecule has 0 aliphatic carbocycles. The van der Waals surface area contributed by atoms with E-state index in [0.717, 1.165) is 15.9 Å². The van der Waals surface area contributed by atoms with Crippen LogP contribution in [0.3, 0.4) is 0 Å². The van der Waals surface area contributed by atoms with Crippen molar-refractivity contribution in [2.75, 3.05) is 0 Å². The molecule has 0 bridgehead atoms. The van der Waals surface area contributed by atoms with Gasteiger partial charge in [-0.1, -0.05) is 93.6 Å². The first-order valence-corrected chi connectivity index (χ1v) is 16.5. The summed E-state index contributed by atoms with van der Waals surface area (Å²) in [5, 5.41) is 5.45. The van der Waals surface area contributed by atoms with Gasteiger partial charge in [-0.15, -0.1) is 0 Å². The molecule has 0 aromatic heterocycles. The van der Waals surface area contributed by atoms with Crippen molar-refractivity contribution in [3.63, 3.8) is 0 Å². The monoisotopic (exact) mass is 581 g/mol. The number of ether oxygens (including phenoxy) is 1. The lowest BCUT2D eigenvalue weighted by Gasteiger charge is -2.43. The molecule has 214 valence electrons. The maximum atomic E-state index is 12.4. The van der Waals surface area contributed by atoms with E-state index in [4.69, 9.17) is 9.16 Å². The van der Waals surface area contributed by atoms with Crippen LogP contribution < -0.4 is 20.1 Å². The minimum Gasteiger partial charge on any atom is -0.534 e. The van der Waals surface area contributed by atoms with E-state index >= 15 is 0 Å². The standard InChI is InChI=1S/C31H39NO6SSi/c1-30(2,3)37-29(33)32-25(21-22-39(34,35)36)23-24-17-19-26(20-18-24)38-40(31(4,5)6,27-13-9-7-10-14-27)28-15-11-8-12-16-28/h7-22,25H,23H2,1-6H3,(H,32,33)(H,34,35,36)/b22-21+. The molecule has 1 atom stereocenters. The van der Waals surface area contributed by atoms with Gasteiger partial charge in [-0.05, 0) is 66.4 Å². The van der Waals surface area contributed by atoms with Crippen molar-refractivity contribution in [3.8, 4) is 5.75 Å². The van der Waals surface area contributed by atoms with Crippen molar-refractivity contribution in [3.05, 3.63) is 102 Å². The second kappa shape index (κ2) is 12.4. The third-order valence-corrected chi connectivity index (χ3v) is 11.7. The van der Waals surface area contributed by atoms with Gasteiger partial charge in [-0.25, -0.2) is 4.79 Å². The quantitative estimate of drug-likeness (QED) is 0.257. The molecule has 0 spiro atoms. The highest BCUT2D eigenvalue weighted by molar-refractivity contribution is 7.88. The van der Waals surface area contributed by atoms with Gasteiger partial charge in [0.15, 0.2) is 0 Å². The summed E-state index contributed by atoms with van der Waals surface area (Å²) >= 11 is 0. The predicted molar refractivity (Wildman–Crippen MR) is 162 cm³/mol. The Morgan fingerprint density at radius 1 is 0.875 bits per heavy atom. The molecular weight excluding hydrogens is 542 g/mol. The number of hydrogen-bond donors (Lipinski definition) is 2. The topological polar surface area (TPSA) is 102 Å². The van der Waals surface area contributed by atoms with E-state index in [0.29, 0.717) is 11.2 Å². The Morgan fingerprint density at radius 3 is 1.80 bits per heavy atom. The average molecular weight is 582 g/mol. The molecule has 0 saturated carbocycles. The summed E-state index contributed by atoms with van der Waals surface area (Å²) < 4.78 is 44.1. The molecule has 7 nitrogen and oxygen atoms in total. The highest BCUT2D eigenvalue weighted by atomic mass is 32.2. The number of rotatable bonds is 9. The van der Waals surface area contributed by atoms with Gasteiger partial charge in [0.25, 0.3) is 10.1 Å². The van der Waals surface area contributed by atoms with Gasteiger partial charge < -0.3 is 14.5 Å². The van der Waals surface area contributed by atoms with Crippen LogP contribution in [0.15, 0.2) is 96.4 Å². The SMILES string of the molecule is CC(C)(C)OC(=O)NC(/C=C/S(=O)(=O)O)Cc1ccc(O[Si](c2ccccc2)(c2ccccc2)C(C)(C)C)cc1. The fourth-order valence-corrected chi connectivity index (χ4v) is 9.40. The summed E-state index contributed by atoms with van der Waals surface area (Å²) in [6.45, 7) is 11.8. The smallest absolute Gasteiger partial charge is 0.408 e. The minimum atomic E-state index is -4.36. The zero-order valence-electron chi connectivity index (χ0n) is 23.9. The van der Waals surface area contributed by atoms with E-state index < -0.39 is 36.2 Å². The molecule has 2 N–H and O–H groups in total. The number of amides is 1. The summed E-state index contributed by atoms with van der Waals surface area (Å²) in [6.07, 6.45) is 0.806. The largest absolute Gasteiger partial charge is 0.534 e. The van der Waals surface area contributed by atoms with Crippen LogP contribution in [0.2, 0.25) is 5.04 Å². The maximum Gasteiger partial charge on any atom is 0.408 e. The lowest BCUT2D eigenvalue weighted by atomic mass is 10.1. The van der Waals surface area contributed by atoms with Gasteiger partial charge in [-0.2, -0.15) is 8.42 Å². The van der Waals surface area contributed by atoms with Gasteiger partial charge in [0.2, 0.25) is 0 Å². The number of carbonyl (C=O) groups excluding carboxylic acids is 1. The van der Waals surface area contributed by atoms with Gasteiger partial charge in [-0.3, -0.25) is 4.55 Å². The van der Waals surface area contributed by atoms with Crippen LogP contribution in [-0.2, 0) is 21.3 Å². The van der Waals surface area contributed by atoms with E-state index in [1.165, 1.54) is 6.08 Å². The zero-order chi connectivity index (χ0) is 29.6. The summed E-state index contributed by atoms with van der Waals surface area (Å²) in [4.78, 5) is 12.4. The molecule has 3 aromatic rings. The summed E-state index contributed by atoms with van der Waals surface area (Å²) in [6, 6.07) is 27.5. The van der Waals surface area contributed by atoms with Crippen LogP contribution in [0.4, 0.5) is 4.79 Å². The minimum absolute atomic E-state index is 0.197. The van der Waals surface area contributed by atoms with Crippen LogP contribution in [-0.4, -0.2) is 39.0 Å². The number of carbonyl (C=O) groups is 1. The first-order chi connectivity index (χ1) is 18.6. The summed E-state index contributed by atoms with van der Waals surface area (Å²) in [7, 11) is -7.16. The third kappa shape index (κ3) is 8.55. The van der Waals surface area contributed by atoms with Gasteiger partial charge in [0.1, 0.15) is 11.4 Å². The molecule has 9 heteroatoms. The molecule has 0 fully saturated rings. The molecule has 40 heavy (non-hydrogen) atoms. The first kappa shape index (κ1) is 31.1. The molecule has 0 heterocycles. The second-order valence-electron chi connectivity index (χ2n) is 11.7. The predicted octanol–water partition coefficient (Wildman–Crippen LogP) is 5.46. The van der Waals surface area contributed by atoms with Crippen LogP contribution >= 0.6 is 0 Å². The van der Waals surface area contributed by atoms with Gasteiger partial charge in [0, 0.05) is 0 Å². The van der Waals surface area contributed by atoms with Crippen LogP contribution in [0.1, 0.15) is 47.1 Å². The van der Waals surface area contributed by atoms with Crippen molar-refractivity contribution in [2.24, 2.45) is 0 Å². The Balaban J connectivity index is 1.93. The molecule has 0 radical (unpaired) electrons. The highest BCUT2D eigenvalue weighted by Crippen LogP contribution is 2.37. The Labute approximate surface area is 239 Å². The number of benzene rings is 3. The molecule has 1 unspecified atom stereocenters. The molecule has 1 amide bonds. The molecule has 0 aliphatic rings. The fourth-order valence-electron chi connectivity index (χ4n) is 4.59. The highest BCUT2D eigenvalue weighted by Gasteiger charge is 2.52. The second-order valence-corrected chi connectivity index (χ2v) is 17.2. The Bertz CT molecular complexity index is 1350. The molecule has 3 aromatic carbocycles. The van der Waals surface area contributed by atoms with Crippen LogP contribution in [0.5, 0.6) is 5.75 Å². The molecule has 0 aliphatic heterocycles. The zero-order valence-corrected chi connectivity index (χ0v) is 25.7. The Hall–Kier alpha value is -3.40. The maximum absolute atomic E-state index is 12.4. The molecular formula is C31H39NO6SSi. The van der Waals surface area contributed by atoms with Crippen molar-refractivity contribution >= 4 is 34.9 Å². The number of nitrogens with one attached hydrogen (secondary N) is 1. The van der Waals surface area contributed by atoms with E-state index in [9.17, 15) is 17.8 Å². The van der Waals surface area contributed by atoms with Crippen LogP contribution in [0, 0.1) is 0 Å². The van der Waals surface area contributed by atoms with Crippen molar-refractivity contribution in [1.82, 2.24) is 5.32 Å². The van der Waals surface area contributed by atoms with Gasteiger partial charge >= 0.3 is 14.4 Å². The lowest BCUT2D eigenvalue weighted by molar-refractivity contribution is 0.0514. The van der Waals surface area contributed by atoms with E-state index in [1.54, 1.807) is 20.8 Å². The normalized spacial score (nSPS) is 13.6. The van der Waals surface area contributed by atoms with Gasteiger partial charge in [0.05, 0.1) is 11.4 Å². The van der Waals surface area contributed by atoms with E-state index in [-0.39, 0.29) is 11.5 Å². The molecule has 3 rings (SSSR count). The Morgan fingerprint density at radius 2 is 1.38 bits per heavy atom. The number of alkyl carbamates (subject to hydrolysis) is 1. The molecule has 0 saturated heterocycles. The van der Waals surface area contributed by atoms with Crippen molar-refractivity contribution in [2.45, 2.75) is 64.6 Å². The van der Waals surface area contributed by atoms with Crippen molar-refractivity contribution < 1.29 is 26.9 Å². The Kier molecular flexibility index (Phi) is 9.66. The third-order valence-electron chi connectivity index (χ3n) is 6.25. The van der Waals surface area contributed by atoms with Crippen LogP contribution in [0.25, 0.3) is 0 Å². The summed E-state index contributed by atoms with van der Waals surface area (Å²) in [5.74, 6) is 0.711. The first-order valence-electron chi connectivity index (χ1n) is 13.1. The van der Waals surface area contributed by atoms with Crippen molar-refractivity contribution in [1.29, 1.82) is 0 Å². The average Bonchev–Trinajstić information content (AvgIpc) is 2.85.